The third-order valence-electron chi connectivity index (χ3n) is 5.68. The molecule has 1 atom stereocenters. The van der Waals surface area contributed by atoms with Crippen LogP contribution in [0.15, 0.2) is 41.6 Å². The van der Waals surface area contributed by atoms with E-state index in [0.29, 0.717) is 37.2 Å². The molecule has 2 aromatic heterocycles. The van der Waals surface area contributed by atoms with E-state index in [9.17, 15) is 8.42 Å². The number of fused-ring (bicyclic) bond motifs is 1. The molecule has 7 nitrogen and oxygen atoms in total. The fraction of sp³-hybridized carbons (Fsp3) is 0.500. The topological polar surface area (TPSA) is 77.3 Å². The molecule has 33 heavy (non-hydrogen) atoms. The normalized spacial score (nSPS) is 13.3. The number of imidazole rings is 1. The Morgan fingerprint density at radius 2 is 1.97 bits per heavy atom. The predicted octanol–water partition coefficient (Wildman–Crippen LogP) is 4.90. The minimum absolute atomic E-state index is 0.192. The first kappa shape index (κ1) is 25.6. The number of aryl methyl sites for hydroxylation is 1. The molecule has 0 radical (unpaired) electrons. The van der Waals surface area contributed by atoms with Crippen LogP contribution in [-0.4, -0.2) is 53.1 Å². The highest BCUT2D eigenvalue weighted by Crippen LogP contribution is 2.28. The monoisotopic (exact) mass is 492 g/mol. The minimum atomic E-state index is -3.73. The molecule has 3 aromatic rings. The lowest BCUT2D eigenvalue weighted by Crippen LogP contribution is -2.43. The Labute approximate surface area is 201 Å². The highest BCUT2D eigenvalue weighted by atomic mass is 35.5. The Balaban J connectivity index is 1.91. The lowest BCUT2D eigenvalue weighted by atomic mass is 10.0. The molecule has 2 heterocycles. The Kier molecular flexibility index (Phi) is 8.50. The number of nitrogens with zero attached hydrogens (tertiary/aromatic N) is 4. The van der Waals surface area contributed by atoms with Crippen LogP contribution in [0.4, 0.5) is 0 Å². The lowest BCUT2D eigenvalue weighted by molar-refractivity contribution is 0.0901. The summed E-state index contributed by atoms with van der Waals surface area (Å²) in [6, 6.07) is 6.61. The molecule has 0 aliphatic carbocycles. The lowest BCUT2D eigenvalue weighted by Gasteiger charge is -2.31. The number of likely N-dealkylation sites (N-methyl/N-ethyl adjacent to an activating group) is 1. The molecular formula is C24H33ClN4O3S. The Bertz CT molecular complexity index is 1190. The van der Waals surface area contributed by atoms with Gasteiger partial charge >= 0.3 is 0 Å². The van der Waals surface area contributed by atoms with Crippen molar-refractivity contribution in [2.24, 2.45) is 5.92 Å². The highest BCUT2D eigenvalue weighted by molar-refractivity contribution is 7.89. The number of hydrogen-bond donors (Lipinski definition) is 0. The summed E-state index contributed by atoms with van der Waals surface area (Å²) in [5.41, 5.74) is 2.59. The Morgan fingerprint density at radius 3 is 2.61 bits per heavy atom. The van der Waals surface area contributed by atoms with Crippen LogP contribution in [0.5, 0.6) is 0 Å². The van der Waals surface area contributed by atoms with Crippen LogP contribution in [0.25, 0.3) is 11.0 Å². The number of rotatable bonds is 11. The second-order valence-electron chi connectivity index (χ2n) is 8.51. The molecule has 0 N–H and O–H groups in total. The maximum absolute atomic E-state index is 13.5. The summed E-state index contributed by atoms with van der Waals surface area (Å²) >= 11 is 6.59. The van der Waals surface area contributed by atoms with Crippen LogP contribution in [0.3, 0.4) is 0 Å². The number of hydrogen-bond acceptors (Lipinski definition) is 5. The van der Waals surface area contributed by atoms with Crippen molar-refractivity contribution in [3.63, 3.8) is 0 Å². The van der Waals surface area contributed by atoms with Gasteiger partial charge in [-0.1, -0.05) is 38.4 Å². The summed E-state index contributed by atoms with van der Waals surface area (Å²) in [4.78, 5) is 8.95. The molecule has 0 aliphatic rings. The van der Waals surface area contributed by atoms with E-state index >= 15 is 0 Å². The zero-order chi connectivity index (χ0) is 24.2. The van der Waals surface area contributed by atoms with Gasteiger partial charge in [0.05, 0.1) is 35.3 Å². The second-order valence-corrected chi connectivity index (χ2v) is 10.8. The number of sulfonamides is 1. The van der Waals surface area contributed by atoms with Crippen molar-refractivity contribution in [2.45, 2.75) is 58.5 Å². The van der Waals surface area contributed by atoms with E-state index in [4.69, 9.17) is 16.3 Å². The fourth-order valence-electron chi connectivity index (χ4n) is 4.10. The first-order chi connectivity index (χ1) is 15.7. The summed E-state index contributed by atoms with van der Waals surface area (Å²) in [6.45, 7) is 11.6. The van der Waals surface area contributed by atoms with E-state index in [1.165, 1.54) is 4.31 Å². The molecule has 0 unspecified atom stereocenters. The van der Waals surface area contributed by atoms with Crippen molar-refractivity contribution in [1.82, 2.24) is 18.8 Å². The van der Waals surface area contributed by atoms with Crippen LogP contribution < -0.4 is 0 Å². The highest BCUT2D eigenvalue weighted by Gasteiger charge is 2.31. The van der Waals surface area contributed by atoms with Crippen molar-refractivity contribution in [3.05, 3.63) is 53.1 Å². The smallest absolute Gasteiger partial charge is 0.243 e. The van der Waals surface area contributed by atoms with Gasteiger partial charge in [0.1, 0.15) is 5.82 Å². The summed E-state index contributed by atoms with van der Waals surface area (Å²) < 4.78 is 36.3. The molecule has 3 rings (SSSR count). The molecule has 0 bridgehead atoms. The first-order valence-corrected chi connectivity index (χ1v) is 13.2. The van der Waals surface area contributed by atoms with Crippen LogP contribution >= 0.6 is 11.6 Å². The van der Waals surface area contributed by atoms with Gasteiger partial charge in [0, 0.05) is 30.4 Å². The van der Waals surface area contributed by atoms with Crippen LogP contribution in [0.2, 0.25) is 5.02 Å². The molecule has 0 spiro atoms. The van der Waals surface area contributed by atoms with Gasteiger partial charge in [-0.3, -0.25) is 4.98 Å². The van der Waals surface area contributed by atoms with Crippen molar-refractivity contribution in [1.29, 1.82) is 0 Å². The zero-order valence-electron chi connectivity index (χ0n) is 20.0. The molecule has 0 saturated carbocycles. The second kappa shape index (κ2) is 11.0. The molecule has 9 heteroatoms. The van der Waals surface area contributed by atoms with E-state index in [0.717, 1.165) is 28.8 Å². The van der Waals surface area contributed by atoms with Gasteiger partial charge in [-0.05, 0) is 49.9 Å². The number of ether oxygens (including phenoxy) is 1. The molecule has 180 valence electrons. The molecule has 0 aliphatic heterocycles. The summed E-state index contributed by atoms with van der Waals surface area (Å²) in [5.74, 6) is 1.18. The third-order valence-corrected chi connectivity index (χ3v) is 8.05. The minimum Gasteiger partial charge on any atom is -0.380 e. The van der Waals surface area contributed by atoms with Crippen molar-refractivity contribution < 1.29 is 13.2 Å². The first-order valence-electron chi connectivity index (χ1n) is 11.3. The molecule has 0 amide bonds. The third kappa shape index (κ3) is 5.74. The Morgan fingerprint density at radius 1 is 1.21 bits per heavy atom. The molecule has 0 saturated heterocycles. The van der Waals surface area contributed by atoms with Gasteiger partial charge in [-0.2, -0.15) is 4.31 Å². The zero-order valence-corrected chi connectivity index (χ0v) is 21.5. The number of halogens is 1. The van der Waals surface area contributed by atoms with E-state index in [-0.39, 0.29) is 10.9 Å². The van der Waals surface area contributed by atoms with Crippen LogP contribution in [0.1, 0.15) is 45.5 Å². The van der Waals surface area contributed by atoms with Crippen molar-refractivity contribution >= 4 is 32.7 Å². The maximum Gasteiger partial charge on any atom is 0.243 e. The standard InChI is InChI=1S/C24H33ClN4O3S/c1-6-29(20(12-17(3)4)16-32-7-2)33(30,31)21-9-8-19(22(25)13-21)15-28-18(5)27-23-10-11-26-14-24(23)28/h8-11,13-14,17,20H,6-7,12,15-16H2,1-5H3/t20-/m0/s1. The largest absolute Gasteiger partial charge is 0.380 e. The fourth-order valence-corrected chi connectivity index (χ4v) is 6.07. The van der Waals surface area contributed by atoms with Crippen molar-refractivity contribution in [2.75, 3.05) is 19.8 Å². The van der Waals surface area contributed by atoms with Crippen LogP contribution in [-0.2, 0) is 21.3 Å². The predicted molar refractivity (Wildman–Crippen MR) is 132 cm³/mol. The number of pyridine rings is 1. The quantitative estimate of drug-likeness (QED) is 0.380. The SMILES string of the molecule is CCOC[C@H](CC(C)C)N(CC)S(=O)(=O)c1ccc(Cn2c(C)nc3ccncc32)c(Cl)c1. The number of aromatic nitrogens is 3. The van der Waals surface area contributed by atoms with E-state index in [2.05, 4.69) is 23.8 Å². The Hall–Kier alpha value is -2.00. The molecule has 1 aromatic carbocycles. The van der Waals surface area contributed by atoms with Gasteiger partial charge in [0.15, 0.2) is 0 Å². The number of benzene rings is 1. The van der Waals surface area contributed by atoms with Gasteiger partial charge in [-0.25, -0.2) is 13.4 Å². The van der Waals surface area contributed by atoms with E-state index in [1.54, 1.807) is 30.6 Å². The summed E-state index contributed by atoms with van der Waals surface area (Å²) in [5, 5.41) is 0.405. The van der Waals surface area contributed by atoms with Crippen molar-refractivity contribution in [3.8, 4) is 0 Å². The van der Waals surface area contributed by atoms with Crippen LogP contribution in [0, 0.1) is 12.8 Å². The average Bonchev–Trinajstić information content (AvgIpc) is 3.08. The van der Waals surface area contributed by atoms with Gasteiger partial charge in [-0.15, -0.1) is 0 Å². The van der Waals surface area contributed by atoms with Gasteiger partial charge < -0.3 is 9.30 Å². The molecular weight excluding hydrogens is 460 g/mol. The van der Waals surface area contributed by atoms with E-state index < -0.39 is 10.0 Å². The van der Waals surface area contributed by atoms with E-state index in [1.807, 2.05) is 31.4 Å². The summed E-state index contributed by atoms with van der Waals surface area (Å²) in [6.07, 6.45) is 4.21. The van der Waals surface area contributed by atoms with Gasteiger partial charge in [0.25, 0.3) is 0 Å². The summed E-state index contributed by atoms with van der Waals surface area (Å²) in [7, 11) is -3.73. The molecule has 0 fully saturated rings. The average molecular weight is 493 g/mol. The maximum atomic E-state index is 13.5. The van der Waals surface area contributed by atoms with Gasteiger partial charge in [0.2, 0.25) is 10.0 Å².